The second kappa shape index (κ2) is 8.98. The number of nitrogens with one attached hydrogen (secondary N) is 1. The summed E-state index contributed by atoms with van der Waals surface area (Å²) in [7, 11) is -3.59. The number of carbonyl (C=O) groups excluding carboxylic acids is 1. The van der Waals surface area contributed by atoms with Crippen molar-refractivity contribution in [3.8, 4) is 0 Å². The molecule has 0 aromatic heterocycles. The third kappa shape index (κ3) is 5.17. The SMILES string of the molecule is CCN(CC)S(=O)(=O)c1ccc(Cl)c(NC(=O)CN2CCCCC2)c1. The maximum absolute atomic E-state index is 12.6. The number of amides is 1. The van der Waals surface area contributed by atoms with Gasteiger partial charge in [0.15, 0.2) is 0 Å². The summed E-state index contributed by atoms with van der Waals surface area (Å²) in [4.78, 5) is 14.5. The maximum atomic E-state index is 12.6. The molecule has 0 radical (unpaired) electrons. The molecule has 0 saturated carbocycles. The van der Waals surface area contributed by atoms with Crippen molar-refractivity contribution in [2.24, 2.45) is 0 Å². The fourth-order valence-electron chi connectivity index (χ4n) is 2.98. The van der Waals surface area contributed by atoms with Crippen molar-refractivity contribution in [2.45, 2.75) is 38.0 Å². The Hall–Kier alpha value is -1.15. The zero-order chi connectivity index (χ0) is 18.4. The van der Waals surface area contributed by atoms with Crippen molar-refractivity contribution < 1.29 is 13.2 Å². The van der Waals surface area contributed by atoms with Crippen LogP contribution in [-0.2, 0) is 14.8 Å². The fraction of sp³-hybridized carbons (Fsp3) is 0.588. The van der Waals surface area contributed by atoms with Crippen LogP contribution in [0.1, 0.15) is 33.1 Å². The normalized spacial score (nSPS) is 16.2. The molecule has 1 amide bonds. The molecule has 2 rings (SSSR count). The highest BCUT2D eigenvalue weighted by molar-refractivity contribution is 7.89. The van der Waals surface area contributed by atoms with Gasteiger partial charge in [0.25, 0.3) is 0 Å². The Kier molecular flexibility index (Phi) is 7.25. The molecule has 1 aliphatic rings. The molecule has 0 spiro atoms. The molecular weight excluding hydrogens is 362 g/mol. The molecule has 6 nitrogen and oxygen atoms in total. The van der Waals surface area contributed by atoms with Crippen molar-refractivity contribution >= 4 is 33.2 Å². The van der Waals surface area contributed by atoms with E-state index in [9.17, 15) is 13.2 Å². The quantitative estimate of drug-likeness (QED) is 0.781. The predicted molar refractivity (Wildman–Crippen MR) is 100 cm³/mol. The number of piperidine rings is 1. The smallest absolute Gasteiger partial charge is 0.243 e. The molecule has 0 bridgehead atoms. The molecule has 1 N–H and O–H groups in total. The molecule has 0 unspecified atom stereocenters. The minimum atomic E-state index is -3.59. The Bertz CT molecular complexity index is 699. The van der Waals surface area contributed by atoms with Gasteiger partial charge in [0, 0.05) is 13.1 Å². The average molecular weight is 388 g/mol. The van der Waals surface area contributed by atoms with Crippen molar-refractivity contribution in [3.63, 3.8) is 0 Å². The van der Waals surface area contributed by atoms with E-state index in [-0.39, 0.29) is 10.8 Å². The molecule has 1 heterocycles. The molecule has 140 valence electrons. The van der Waals surface area contributed by atoms with Gasteiger partial charge in [-0.05, 0) is 44.1 Å². The van der Waals surface area contributed by atoms with Gasteiger partial charge in [-0.2, -0.15) is 4.31 Å². The van der Waals surface area contributed by atoms with Crippen LogP contribution in [0.3, 0.4) is 0 Å². The summed E-state index contributed by atoms with van der Waals surface area (Å²) < 4.78 is 26.6. The summed E-state index contributed by atoms with van der Waals surface area (Å²) in [5.74, 6) is -0.179. The third-order valence-corrected chi connectivity index (χ3v) is 6.75. The highest BCUT2D eigenvalue weighted by atomic mass is 35.5. The van der Waals surface area contributed by atoms with Crippen molar-refractivity contribution in [3.05, 3.63) is 23.2 Å². The van der Waals surface area contributed by atoms with E-state index in [0.717, 1.165) is 25.9 Å². The Balaban J connectivity index is 2.14. The van der Waals surface area contributed by atoms with Gasteiger partial charge in [-0.15, -0.1) is 0 Å². The number of anilines is 1. The fourth-order valence-corrected chi connectivity index (χ4v) is 4.63. The van der Waals surface area contributed by atoms with Gasteiger partial charge in [-0.25, -0.2) is 8.42 Å². The van der Waals surface area contributed by atoms with E-state index in [0.29, 0.717) is 30.3 Å². The van der Waals surface area contributed by atoms with Crippen molar-refractivity contribution in [1.29, 1.82) is 0 Å². The Labute approximate surface area is 155 Å². The number of nitrogens with zero attached hydrogens (tertiary/aromatic N) is 2. The Morgan fingerprint density at radius 3 is 2.44 bits per heavy atom. The number of benzene rings is 1. The van der Waals surface area contributed by atoms with Gasteiger partial charge < -0.3 is 5.32 Å². The lowest BCUT2D eigenvalue weighted by Crippen LogP contribution is -2.37. The molecule has 0 aliphatic carbocycles. The van der Waals surface area contributed by atoms with Crippen LogP contribution in [0.5, 0.6) is 0 Å². The first-order valence-corrected chi connectivity index (χ1v) is 10.5. The van der Waals surface area contributed by atoms with Crippen LogP contribution in [0.2, 0.25) is 5.02 Å². The van der Waals surface area contributed by atoms with E-state index in [4.69, 9.17) is 11.6 Å². The monoisotopic (exact) mass is 387 g/mol. The number of hydrogen-bond donors (Lipinski definition) is 1. The van der Waals surface area contributed by atoms with E-state index in [1.54, 1.807) is 13.8 Å². The molecular formula is C17H26ClN3O3S. The van der Waals surface area contributed by atoms with E-state index < -0.39 is 10.0 Å². The lowest BCUT2D eigenvalue weighted by molar-refractivity contribution is -0.117. The molecule has 25 heavy (non-hydrogen) atoms. The molecule has 1 aromatic rings. The summed E-state index contributed by atoms with van der Waals surface area (Å²) in [6.45, 7) is 6.48. The van der Waals surface area contributed by atoms with E-state index >= 15 is 0 Å². The van der Waals surface area contributed by atoms with E-state index in [1.807, 2.05) is 0 Å². The zero-order valence-electron chi connectivity index (χ0n) is 14.8. The second-order valence-electron chi connectivity index (χ2n) is 6.12. The van der Waals surface area contributed by atoms with Gasteiger partial charge in [-0.3, -0.25) is 9.69 Å². The minimum absolute atomic E-state index is 0.133. The standard InChI is InChI=1S/C17H26ClN3O3S/c1-3-21(4-2)25(23,24)14-8-9-15(18)16(12-14)19-17(22)13-20-10-6-5-7-11-20/h8-9,12H,3-7,10-11,13H2,1-2H3,(H,19,22). The van der Waals surface area contributed by atoms with E-state index in [1.165, 1.54) is 28.9 Å². The first-order chi connectivity index (χ1) is 11.9. The number of likely N-dealkylation sites (tertiary alicyclic amines) is 1. The van der Waals surface area contributed by atoms with Crippen LogP contribution in [0.4, 0.5) is 5.69 Å². The first-order valence-electron chi connectivity index (χ1n) is 8.70. The lowest BCUT2D eigenvalue weighted by atomic mass is 10.1. The number of rotatable bonds is 7. The van der Waals surface area contributed by atoms with Crippen molar-refractivity contribution in [2.75, 3.05) is 38.0 Å². The van der Waals surface area contributed by atoms with Crippen LogP contribution in [-0.4, -0.2) is 56.3 Å². The molecule has 1 saturated heterocycles. The number of hydrogen-bond acceptors (Lipinski definition) is 4. The van der Waals surface area contributed by atoms with Gasteiger partial charge in [0.05, 0.1) is 22.2 Å². The summed E-state index contributed by atoms with van der Waals surface area (Å²) in [5.41, 5.74) is 0.330. The highest BCUT2D eigenvalue weighted by Crippen LogP contribution is 2.27. The Morgan fingerprint density at radius 2 is 1.84 bits per heavy atom. The largest absolute Gasteiger partial charge is 0.324 e. The minimum Gasteiger partial charge on any atom is -0.324 e. The molecule has 1 aromatic carbocycles. The molecule has 8 heteroatoms. The topological polar surface area (TPSA) is 69.7 Å². The van der Waals surface area contributed by atoms with Crippen LogP contribution >= 0.6 is 11.6 Å². The maximum Gasteiger partial charge on any atom is 0.243 e. The third-order valence-electron chi connectivity index (χ3n) is 4.37. The average Bonchev–Trinajstić information content (AvgIpc) is 2.58. The number of carbonyl (C=O) groups is 1. The molecule has 1 aliphatic heterocycles. The molecule has 1 fully saturated rings. The Morgan fingerprint density at radius 1 is 1.20 bits per heavy atom. The van der Waals surface area contributed by atoms with Crippen LogP contribution in [0, 0.1) is 0 Å². The summed E-state index contributed by atoms with van der Waals surface area (Å²) in [6, 6.07) is 4.41. The van der Waals surface area contributed by atoms with Gasteiger partial charge in [0.2, 0.25) is 15.9 Å². The number of halogens is 1. The number of sulfonamides is 1. The first kappa shape index (κ1) is 20.2. The second-order valence-corrected chi connectivity index (χ2v) is 8.46. The van der Waals surface area contributed by atoms with Crippen LogP contribution in [0.15, 0.2) is 23.1 Å². The lowest BCUT2D eigenvalue weighted by Gasteiger charge is -2.25. The van der Waals surface area contributed by atoms with Crippen molar-refractivity contribution in [1.82, 2.24) is 9.21 Å². The van der Waals surface area contributed by atoms with Gasteiger partial charge in [0.1, 0.15) is 0 Å². The van der Waals surface area contributed by atoms with Gasteiger partial charge >= 0.3 is 0 Å². The van der Waals surface area contributed by atoms with Crippen LogP contribution < -0.4 is 5.32 Å². The predicted octanol–water partition coefficient (Wildman–Crippen LogP) is 2.79. The highest BCUT2D eigenvalue weighted by Gasteiger charge is 2.23. The summed E-state index contributed by atoms with van der Waals surface area (Å²) >= 11 is 6.14. The van der Waals surface area contributed by atoms with E-state index in [2.05, 4.69) is 10.2 Å². The van der Waals surface area contributed by atoms with Crippen LogP contribution in [0.25, 0.3) is 0 Å². The van der Waals surface area contributed by atoms with Gasteiger partial charge in [-0.1, -0.05) is 31.9 Å². The summed E-state index contributed by atoms with van der Waals surface area (Å²) in [5, 5.41) is 3.07. The zero-order valence-corrected chi connectivity index (χ0v) is 16.4. The summed E-state index contributed by atoms with van der Waals surface area (Å²) in [6.07, 6.45) is 3.41. The molecule has 0 atom stereocenters.